The number of nitrogens with one attached hydrogen (secondary N) is 1. The Bertz CT molecular complexity index is 972. The summed E-state index contributed by atoms with van der Waals surface area (Å²) in [5.41, 5.74) is 0.127. The Labute approximate surface area is 154 Å². The van der Waals surface area contributed by atoms with Crippen LogP contribution >= 0.6 is 0 Å². The number of hydrogen-bond acceptors (Lipinski definition) is 4. The highest BCUT2D eigenvalue weighted by Gasteiger charge is 2.37. The van der Waals surface area contributed by atoms with E-state index < -0.39 is 0 Å². The van der Waals surface area contributed by atoms with Gasteiger partial charge in [-0.15, -0.1) is 5.11 Å². The molecule has 1 N–H and O–H groups in total. The van der Waals surface area contributed by atoms with E-state index in [-0.39, 0.29) is 17.1 Å². The third kappa shape index (κ3) is 3.47. The van der Waals surface area contributed by atoms with Gasteiger partial charge in [0.15, 0.2) is 5.82 Å². The second-order valence-electron chi connectivity index (χ2n) is 8.73. The predicted molar refractivity (Wildman–Crippen MR) is 108 cm³/mol. The van der Waals surface area contributed by atoms with Crippen molar-refractivity contribution in [3.05, 3.63) is 48.7 Å². The Morgan fingerprint density at radius 2 is 1.58 bits per heavy atom. The predicted octanol–water partition coefficient (Wildman–Crippen LogP) is 5.78. The summed E-state index contributed by atoms with van der Waals surface area (Å²) in [4.78, 5) is 4.49. The maximum atomic E-state index is 4.70. The van der Waals surface area contributed by atoms with Crippen molar-refractivity contribution in [2.24, 2.45) is 10.2 Å². The molecule has 0 unspecified atom stereocenters. The first kappa shape index (κ1) is 17.1. The van der Waals surface area contributed by atoms with Crippen molar-refractivity contribution < 1.29 is 0 Å². The molecule has 0 amide bonds. The fourth-order valence-corrected chi connectivity index (χ4v) is 4.41. The van der Waals surface area contributed by atoms with E-state index in [0.29, 0.717) is 5.82 Å². The summed E-state index contributed by atoms with van der Waals surface area (Å²) in [6.45, 7) is 8.94. The van der Waals surface area contributed by atoms with Crippen LogP contribution in [0.4, 0.5) is 5.82 Å². The Morgan fingerprint density at radius 1 is 0.923 bits per heavy atom. The summed E-state index contributed by atoms with van der Waals surface area (Å²) in [5, 5.41) is 17.6. The molecule has 0 saturated carbocycles. The maximum absolute atomic E-state index is 4.70. The van der Waals surface area contributed by atoms with E-state index in [9.17, 15) is 0 Å². The fraction of sp³-hybridized carbons (Fsp3) is 0.409. The quantitative estimate of drug-likeness (QED) is 0.472. The van der Waals surface area contributed by atoms with Gasteiger partial charge in [-0.3, -0.25) is 0 Å². The van der Waals surface area contributed by atoms with Gasteiger partial charge in [-0.1, -0.05) is 24.3 Å². The lowest BCUT2D eigenvalue weighted by Gasteiger charge is -2.44. The van der Waals surface area contributed by atoms with Crippen molar-refractivity contribution in [3.63, 3.8) is 0 Å². The van der Waals surface area contributed by atoms with Crippen LogP contribution in [0.1, 0.15) is 40.5 Å². The lowest BCUT2D eigenvalue weighted by atomic mass is 9.80. The van der Waals surface area contributed by atoms with E-state index in [4.69, 9.17) is 5.11 Å². The highest BCUT2D eigenvalue weighted by molar-refractivity contribution is 6.01. The molecule has 2 heterocycles. The molecule has 4 heteroatoms. The summed E-state index contributed by atoms with van der Waals surface area (Å²) < 4.78 is 0. The Kier molecular flexibility index (Phi) is 4.03. The average molecular weight is 346 g/mol. The fourth-order valence-electron chi connectivity index (χ4n) is 4.41. The average Bonchev–Trinajstić information content (AvgIpc) is 2.55. The van der Waals surface area contributed by atoms with Gasteiger partial charge in [0.2, 0.25) is 0 Å². The van der Waals surface area contributed by atoms with Gasteiger partial charge >= 0.3 is 0 Å². The summed E-state index contributed by atoms with van der Waals surface area (Å²) >= 11 is 0. The Balaban J connectivity index is 1.70. The minimum atomic E-state index is 0.0633. The first-order valence-electron chi connectivity index (χ1n) is 9.29. The standard InChI is InChI=1S/C22H26N4/c1-21(2)13-18(14-22(3,4)26-21)24-25-20-19-12-16-8-6-5-7-15(16)11-17(19)9-10-23-20/h5-12,18,26H,13-14H2,1-4H3. The zero-order valence-electron chi connectivity index (χ0n) is 16.0. The van der Waals surface area contributed by atoms with E-state index in [1.54, 1.807) is 0 Å². The smallest absolute Gasteiger partial charge is 0.181 e. The minimum absolute atomic E-state index is 0.0633. The number of fused-ring (bicyclic) bond motifs is 2. The molecule has 26 heavy (non-hydrogen) atoms. The molecule has 0 bridgehead atoms. The van der Waals surface area contributed by atoms with Gasteiger partial charge in [-0.25, -0.2) is 4.98 Å². The molecule has 1 saturated heterocycles. The van der Waals surface area contributed by atoms with Crippen LogP contribution in [-0.2, 0) is 0 Å². The first-order valence-corrected chi connectivity index (χ1v) is 9.29. The van der Waals surface area contributed by atoms with Crippen molar-refractivity contribution in [2.75, 3.05) is 0 Å². The van der Waals surface area contributed by atoms with Crippen LogP contribution in [0.3, 0.4) is 0 Å². The van der Waals surface area contributed by atoms with Crippen LogP contribution in [0.25, 0.3) is 21.5 Å². The summed E-state index contributed by atoms with van der Waals surface area (Å²) in [6, 6.07) is 15.0. The SMILES string of the molecule is CC1(C)CC(N=Nc2nccc3cc4ccccc4cc23)CC(C)(C)N1. The van der Waals surface area contributed by atoms with Crippen LogP contribution < -0.4 is 5.32 Å². The Hall–Kier alpha value is -2.33. The van der Waals surface area contributed by atoms with Crippen LogP contribution in [0.2, 0.25) is 0 Å². The highest BCUT2D eigenvalue weighted by atomic mass is 15.2. The summed E-state index contributed by atoms with van der Waals surface area (Å²) in [7, 11) is 0. The van der Waals surface area contributed by atoms with Crippen molar-refractivity contribution in [2.45, 2.75) is 57.7 Å². The zero-order chi connectivity index (χ0) is 18.4. The number of aromatic nitrogens is 1. The molecule has 1 aromatic heterocycles. The van der Waals surface area contributed by atoms with Gasteiger partial charge in [-0.2, -0.15) is 5.11 Å². The molecule has 4 rings (SSSR count). The summed E-state index contributed by atoms with van der Waals surface area (Å²) in [5.74, 6) is 0.711. The molecule has 0 radical (unpaired) electrons. The Morgan fingerprint density at radius 3 is 2.27 bits per heavy atom. The maximum Gasteiger partial charge on any atom is 0.181 e. The third-order valence-electron chi connectivity index (χ3n) is 5.09. The normalized spacial score (nSPS) is 20.2. The molecule has 134 valence electrons. The zero-order valence-corrected chi connectivity index (χ0v) is 16.0. The minimum Gasteiger partial charge on any atom is -0.307 e. The molecule has 3 aromatic rings. The van der Waals surface area contributed by atoms with Gasteiger partial charge in [0.05, 0.1) is 6.04 Å². The number of nitrogens with zero attached hydrogens (tertiary/aromatic N) is 3. The first-order chi connectivity index (χ1) is 12.3. The largest absolute Gasteiger partial charge is 0.307 e. The van der Waals surface area contributed by atoms with Gasteiger partial charge in [0.1, 0.15) is 0 Å². The number of hydrogen-bond donors (Lipinski definition) is 1. The molecule has 2 aromatic carbocycles. The second kappa shape index (κ2) is 6.13. The van der Waals surface area contributed by atoms with E-state index in [0.717, 1.165) is 23.6 Å². The molecule has 0 aliphatic carbocycles. The van der Waals surface area contributed by atoms with E-state index >= 15 is 0 Å². The van der Waals surface area contributed by atoms with Crippen LogP contribution in [0.15, 0.2) is 58.9 Å². The van der Waals surface area contributed by atoms with Gasteiger partial charge in [0, 0.05) is 22.7 Å². The number of pyridine rings is 1. The van der Waals surface area contributed by atoms with Crippen molar-refractivity contribution in [1.82, 2.24) is 10.3 Å². The topological polar surface area (TPSA) is 49.6 Å². The molecular formula is C22H26N4. The number of benzene rings is 2. The molecule has 0 spiro atoms. The summed E-state index contributed by atoms with van der Waals surface area (Å²) in [6.07, 6.45) is 3.78. The molecular weight excluding hydrogens is 320 g/mol. The molecule has 1 aliphatic heterocycles. The molecule has 0 atom stereocenters. The van der Waals surface area contributed by atoms with E-state index in [1.165, 1.54) is 10.8 Å². The van der Waals surface area contributed by atoms with E-state index in [2.05, 4.69) is 79.5 Å². The van der Waals surface area contributed by atoms with Crippen molar-refractivity contribution >= 4 is 27.4 Å². The molecule has 4 nitrogen and oxygen atoms in total. The van der Waals surface area contributed by atoms with Gasteiger partial charge in [0.25, 0.3) is 0 Å². The van der Waals surface area contributed by atoms with E-state index in [1.807, 2.05) is 12.3 Å². The van der Waals surface area contributed by atoms with Gasteiger partial charge < -0.3 is 5.32 Å². The van der Waals surface area contributed by atoms with Crippen molar-refractivity contribution in [3.8, 4) is 0 Å². The third-order valence-corrected chi connectivity index (χ3v) is 5.09. The number of piperidine rings is 1. The van der Waals surface area contributed by atoms with Crippen LogP contribution in [-0.4, -0.2) is 22.1 Å². The molecule has 1 fully saturated rings. The highest BCUT2D eigenvalue weighted by Crippen LogP contribution is 2.33. The number of rotatable bonds is 2. The number of azo groups is 1. The second-order valence-corrected chi connectivity index (χ2v) is 8.73. The van der Waals surface area contributed by atoms with Crippen LogP contribution in [0.5, 0.6) is 0 Å². The van der Waals surface area contributed by atoms with Crippen LogP contribution in [0, 0.1) is 0 Å². The van der Waals surface area contributed by atoms with Crippen molar-refractivity contribution in [1.29, 1.82) is 0 Å². The monoisotopic (exact) mass is 346 g/mol. The lowest BCUT2D eigenvalue weighted by molar-refractivity contribution is 0.161. The molecule has 1 aliphatic rings. The lowest BCUT2D eigenvalue weighted by Crippen LogP contribution is -2.58. The van der Waals surface area contributed by atoms with Gasteiger partial charge in [-0.05, 0) is 74.9 Å².